The van der Waals surface area contributed by atoms with Crippen molar-refractivity contribution in [3.05, 3.63) is 41.5 Å². The summed E-state index contributed by atoms with van der Waals surface area (Å²) in [7, 11) is 0. The van der Waals surface area contributed by atoms with Crippen molar-refractivity contribution in [2.75, 3.05) is 0 Å². The first kappa shape index (κ1) is 22.6. The molecule has 2 amide bonds. The second-order valence-electron chi connectivity index (χ2n) is 7.68. The number of nitrogens with one attached hydrogen (secondary N) is 1. The summed E-state index contributed by atoms with van der Waals surface area (Å²) in [4.78, 5) is 35.8. The van der Waals surface area contributed by atoms with Gasteiger partial charge in [-0.3, -0.25) is 14.4 Å². The molecule has 0 radical (unpaired) electrons. The van der Waals surface area contributed by atoms with Crippen LogP contribution in [0.3, 0.4) is 0 Å². The fourth-order valence-electron chi connectivity index (χ4n) is 3.12. The minimum Gasteiger partial charge on any atom is -0.483 e. The Morgan fingerprint density at radius 3 is 2.55 bits per heavy atom. The van der Waals surface area contributed by atoms with E-state index in [-0.39, 0.29) is 23.7 Å². The van der Waals surface area contributed by atoms with Crippen LogP contribution in [-0.4, -0.2) is 52.2 Å². The van der Waals surface area contributed by atoms with E-state index in [9.17, 15) is 24.6 Å². The average molecular weight is 404 g/mol. The van der Waals surface area contributed by atoms with Crippen LogP contribution in [0.4, 0.5) is 0 Å². The van der Waals surface area contributed by atoms with Crippen molar-refractivity contribution in [1.29, 1.82) is 0 Å². The monoisotopic (exact) mass is 404 g/mol. The van der Waals surface area contributed by atoms with Gasteiger partial charge in [0.15, 0.2) is 5.78 Å². The zero-order valence-corrected chi connectivity index (χ0v) is 16.8. The maximum atomic E-state index is 12.6. The molecule has 1 aromatic carbocycles. The molecule has 8 nitrogen and oxygen atoms in total. The Morgan fingerprint density at radius 2 is 1.97 bits per heavy atom. The summed E-state index contributed by atoms with van der Waals surface area (Å²) in [6, 6.07) is 5.57. The molecule has 1 aromatic rings. The van der Waals surface area contributed by atoms with Crippen molar-refractivity contribution in [2.45, 2.75) is 58.0 Å². The van der Waals surface area contributed by atoms with E-state index in [1.54, 1.807) is 18.2 Å². The fraction of sp³-hybridized carbons (Fsp3) is 0.476. The number of amides is 2. The average Bonchev–Trinajstić information content (AvgIpc) is 2.64. The molecule has 0 spiro atoms. The first-order valence-corrected chi connectivity index (χ1v) is 9.53. The number of hydrogen-bond acceptors (Lipinski definition) is 6. The van der Waals surface area contributed by atoms with Crippen molar-refractivity contribution in [1.82, 2.24) is 5.32 Å². The number of aliphatic hydroxyl groups excluding tert-OH is 2. The molecule has 0 bridgehead atoms. The summed E-state index contributed by atoms with van der Waals surface area (Å²) < 4.78 is 5.72. The minimum absolute atomic E-state index is 0.0898. The first-order valence-electron chi connectivity index (χ1n) is 9.53. The molecule has 0 fully saturated rings. The summed E-state index contributed by atoms with van der Waals surface area (Å²) >= 11 is 0. The third kappa shape index (κ3) is 6.13. The van der Waals surface area contributed by atoms with E-state index in [2.05, 4.69) is 5.32 Å². The Bertz CT molecular complexity index is 804. The van der Waals surface area contributed by atoms with E-state index < -0.39 is 36.2 Å². The van der Waals surface area contributed by atoms with Gasteiger partial charge in [0.1, 0.15) is 24.0 Å². The molecule has 0 saturated carbocycles. The predicted octanol–water partition coefficient (Wildman–Crippen LogP) is 0.705. The van der Waals surface area contributed by atoms with Crippen molar-refractivity contribution < 1.29 is 29.3 Å². The molecule has 4 unspecified atom stereocenters. The highest BCUT2D eigenvalue weighted by atomic mass is 16.5. The highest BCUT2D eigenvalue weighted by Gasteiger charge is 2.35. The Labute approximate surface area is 169 Å². The summed E-state index contributed by atoms with van der Waals surface area (Å²) in [5, 5.41) is 23.0. The van der Waals surface area contributed by atoms with Gasteiger partial charge in [-0.1, -0.05) is 26.0 Å². The van der Waals surface area contributed by atoms with E-state index in [1.807, 2.05) is 13.8 Å². The van der Waals surface area contributed by atoms with Gasteiger partial charge in [-0.25, -0.2) is 0 Å². The molecule has 1 aliphatic rings. The van der Waals surface area contributed by atoms with E-state index in [4.69, 9.17) is 10.5 Å². The summed E-state index contributed by atoms with van der Waals surface area (Å²) in [5.74, 6) is -0.867. The number of ketones is 1. The smallest absolute Gasteiger partial charge is 0.247 e. The predicted molar refractivity (Wildman–Crippen MR) is 106 cm³/mol. The van der Waals surface area contributed by atoms with Crippen LogP contribution in [0.15, 0.2) is 35.9 Å². The topological polar surface area (TPSA) is 139 Å². The van der Waals surface area contributed by atoms with Crippen LogP contribution in [0.25, 0.3) is 0 Å². The van der Waals surface area contributed by atoms with Crippen molar-refractivity contribution in [3.8, 4) is 5.75 Å². The Kier molecular flexibility index (Phi) is 7.53. The number of ether oxygens (including phenoxy) is 1. The van der Waals surface area contributed by atoms with Gasteiger partial charge < -0.3 is 26.0 Å². The lowest BCUT2D eigenvalue weighted by molar-refractivity contribution is -0.126. The van der Waals surface area contributed by atoms with Crippen molar-refractivity contribution >= 4 is 17.6 Å². The molecule has 0 saturated heterocycles. The number of primary amides is 1. The van der Waals surface area contributed by atoms with Gasteiger partial charge in [0.25, 0.3) is 0 Å². The van der Waals surface area contributed by atoms with Crippen LogP contribution in [0, 0.1) is 5.92 Å². The number of carbonyl (C=O) groups is 3. The van der Waals surface area contributed by atoms with Gasteiger partial charge in [0.2, 0.25) is 11.8 Å². The molecule has 5 N–H and O–H groups in total. The van der Waals surface area contributed by atoms with Gasteiger partial charge >= 0.3 is 0 Å². The van der Waals surface area contributed by atoms with Gasteiger partial charge in [0, 0.05) is 17.6 Å². The number of benzene rings is 1. The van der Waals surface area contributed by atoms with Gasteiger partial charge in [-0.15, -0.1) is 0 Å². The highest BCUT2D eigenvalue weighted by Crippen LogP contribution is 2.25. The van der Waals surface area contributed by atoms with Gasteiger partial charge in [-0.2, -0.15) is 0 Å². The SMILES string of the molecule is CC(=O)c1cccc(OC2C=C(C(=O)NC(CC(C)C)C(N)=O)CC(O)C2O)c1. The van der Waals surface area contributed by atoms with Crippen molar-refractivity contribution in [2.24, 2.45) is 11.7 Å². The third-order valence-electron chi connectivity index (χ3n) is 4.69. The van der Waals surface area contributed by atoms with E-state index >= 15 is 0 Å². The second kappa shape index (κ2) is 9.67. The lowest BCUT2D eigenvalue weighted by atomic mass is 9.91. The largest absolute Gasteiger partial charge is 0.483 e. The molecular weight excluding hydrogens is 376 g/mol. The van der Waals surface area contributed by atoms with Crippen LogP contribution in [0.2, 0.25) is 0 Å². The maximum absolute atomic E-state index is 12.6. The summed E-state index contributed by atoms with van der Waals surface area (Å²) in [5.41, 5.74) is 5.99. The van der Waals surface area contributed by atoms with Gasteiger partial charge in [-0.05, 0) is 37.5 Å². The van der Waals surface area contributed by atoms with E-state index in [0.717, 1.165) is 0 Å². The lowest BCUT2D eigenvalue weighted by Crippen LogP contribution is -2.49. The lowest BCUT2D eigenvalue weighted by Gasteiger charge is -2.31. The standard InChI is InChI=1S/C21H28N2O6/c1-11(2)7-16(20(22)27)23-21(28)14-9-17(25)19(26)18(10-14)29-15-6-4-5-13(8-15)12(3)24/h4-6,8,10-11,16-19,25-26H,7,9H2,1-3H3,(H2,22,27)(H,23,28). The van der Waals surface area contributed by atoms with Crippen LogP contribution >= 0.6 is 0 Å². The summed E-state index contributed by atoms with van der Waals surface area (Å²) in [6.45, 7) is 5.23. The maximum Gasteiger partial charge on any atom is 0.247 e. The number of nitrogens with two attached hydrogens (primary N) is 1. The molecule has 8 heteroatoms. The Balaban J connectivity index is 2.20. The Hall–Kier alpha value is -2.71. The zero-order valence-electron chi connectivity index (χ0n) is 16.8. The summed E-state index contributed by atoms with van der Waals surface area (Å²) in [6.07, 6.45) is -1.77. The normalized spacial score (nSPS) is 22.6. The number of rotatable bonds is 8. The highest BCUT2D eigenvalue weighted by molar-refractivity contribution is 5.97. The number of hydrogen-bond donors (Lipinski definition) is 4. The molecule has 29 heavy (non-hydrogen) atoms. The third-order valence-corrected chi connectivity index (χ3v) is 4.69. The molecule has 0 aromatic heterocycles. The van der Waals surface area contributed by atoms with E-state index in [1.165, 1.54) is 19.1 Å². The zero-order chi connectivity index (χ0) is 21.7. The number of carbonyl (C=O) groups excluding carboxylic acids is 3. The van der Waals surface area contributed by atoms with Crippen molar-refractivity contribution in [3.63, 3.8) is 0 Å². The Morgan fingerprint density at radius 1 is 1.28 bits per heavy atom. The quantitative estimate of drug-likeness (QED) is 0.471. The van der Waals surface area contributed by atoms with Crippen LogP contribution in [-0.2, 0) is 9.59 Å². The molecule has 0 aliphatic heterocycles. The first-order chi connectivity index (χ1) is 13.6. The molecule has 0 heterocycles. The molecule has 158 valence electrons. The number of aliphatic hydroxyl groups is 2. The fourth-order valence-corrected chi connectivity index (χ4v) is 3.12. The molecule has 2 rings (SSSR count). The number of Topliss-reactive ketones (excluding diaryl/α,β-unsaturated/α-hetero) is 1. The minimum atomic E-state index is -1.25. The molecule has 4 atom stereocenters. The molecular formula is C21H28N2O6. The second-order valence-corrected chi connectivity index (χ2v) is 7.68. The molecule has 1 aliphatic carbocycles. The van der Waals surface area contributed by atoms with Crippen LogP contribution in [0.5, 0.6) is 5.75 Å². The van der Waals surface area contributed by atoms with Crippen LogP contribution in [0.1, 0.15) is 44.0 Å². The van der Waals surface area contributed by atoms with Gasteiger partial charge in [0.05, 0.1) is 6.10 Å². The van der Waals surface area contributed by atoms with E-state index in [0.29, 0.717) is 17.7 Å². The van der Waals surface area contributed by atoms with Crippen LogP contribution < -0.4 is 15.8 Å².